The highest BCUT2D eigenvalue weighted by atomic mass is 32.1. The van der Waals surface area contributed by atoms with Gasteiger partial charge in [-0.05, 0) is 18.4 Å². The molecule has 0 radical (unpaired) electrons. The summed E-state index contributed by atoms with van der Waals surface area (Å²) in [5.41, 5.74) is -0.0336. The molecule has 0 saturated heterocycles. The number of aromatic carboxylic acids is 1. The van der Waals surface area contributed by atoms with E-state index in [4.69, 9.17) is 4.74 Å². The Kier molecular flexibility index (Phi) is 5.55. The molecule has 0 saturated carbocycles. The number of amides is 2. The maximum atomic E-state index is 12.4. The number of hydrogen-bond donors (Lipinski definition) is 2. The molecule has 1 aliphatic rings. The SMILES string of the molecule is CCCOC(=O)N1CCc2c(sc(NC(=O)C(F)(F)F)c2C(=O)O)C1. The molecule has 2 rings (SSSR count). The van der Waals surface area contributed by atoms with Gasteiger partial charge in [0.25, 0.3) is 0 Å². The van der Waals surface area contributed by atoms with Crippen LogP contribution in [0.1, 0.15) is 34.1 Å². The van der Waals surface area contributed by atoms with E-state index in [2.05, 4.69) is 0 Å². The van der Waals surface area contributed by atoms with Gasteiger partial charge in [0.05, 0.1) is 18.7 Å². The minimum absolute atomic E-state index is 0.0186. The highest BCUT2D eigenvalue weighted by Gasteiger charge is 2.40. The van der Waals surface area contributed by atoms with Gasteiger partial charge in [0.15, 0.2) is 0 Å². The second-order valence-electron chi connectivity index (χ2n) is 5.25. The molecule has 1 aromatic heterocycles. The Bertz CT molecular complexity index is 701. The van der Waals surface area contributed by atoms with Crippen molar-refractivity contribution in [2.45, 2.75) is 32.5 Å². The molecule has 0 fully saturated rings. The topological polar surface area (TPSA) is 95.9 Å². The van der Waals surface area contributed by atoms with Crippen molar-refractivity contribution in [1.82, 2.24) is 4.90 Å². The predicted octanol–water partition coefficient (Wildman–Crippen LogP) is 2.85. The second kappa shape index (κ2) is 7.30. The van der Waals surface area contributed by atoms with Gasteiger partial charge in [-0.15, -0.1) is 11.3 Å². The molecule has 1 aliphatic heterocycles. The van der Waals surface area contributed by atoms with Crippen LogP contribution in [0.3, 0.4) is 0 Å². The van der Waals surface area contributed by atoms with E-state index in [-0.39, 0.29) is 36.7 Å². The quantitative estimate of drug-likeness (QED) is 0.837. The zero-order valence-electron chi connectivity index (χ0n) is 13.1. The number of carboxylic acids is 1. The number of fused-ring (bicyclic) bond motifs is 1. The van der Waals surface area contributed by atoms with Crippen LogP contribution in [0.25, 0.3) is 0 Å². The molecule has 1 aromatic rings. The average Bonchev–Trinajstić information content (AvgIpc) is 2.88. The summed E-state index contributed by atoms with van der Waals surface area (Å²) in [5.74, 6) is -3.68. The van der Waals surface area contributed by atoms with E-state index < -0.39 is 24.1 Å². The lowest BCUT2D eigenvalue weighted by atomic mass is 10.0. The van der Waals surface area contributed by atoms with Gasteiger partial charge in [0.2, 0.25) is 0 Å². The fourth-order valence-corrected chi connectivity index (χ4v) is 3.58. The maximum Gasteiger partial charge on any atom is 0.471 e. The molecule has 0 spiro atoms. The highest BCUT2D eigenvalue weighted by molar-refractivity contribution is 7.17. The van der Waals surface area contributed by atoms with Gasteiger partial charge < -0.3 is 20.1 Å². The van der Waals surface area contributed by atoms with E-state index >= 15 is 0 Å². The molecule has 2 heterocycles. The molecule has 0 aliphatic carbocycles. The lowest BCUT2D eigenvalue weighted by Crippen LogP contribution is -2.36. The monoisotopic (exact) mass is 380 g/mol. The van der Waals surface area contributed by atoms with Gasteiger partial charge in [-0.3, -0.25) is 4.79 Å². The van der Waals surface area contributed by atoms with Crippen LogP contribution in [-0.4, -0.2) is 47.3 Å². The van der Waals surface area contributed by atoms with Crippen LogP contribution in [0.4, 0.5) is 23.0 Å². The molecule has 2 N–H and O–H groups in total. The van der Waals surface area contributed by atoms with Crippen LogP contribution in [0.2, 0.25) is 0 Å². The number of anilines is 1. The maximum absolute atomic E-state index is 12.4. The Morgan fingerprint density at radius 2 is 2.04 bits per heavy atom. The van der Waals surface area contributed by atoms with Gasteiger partial charge in [-0.1, -0.05) is 6.92 Å². The number of carbonyl (C=O) groups excluding carboxylic acids is 2. The largest absolute Gasteiger partial charge is 0.478 e. The summed E-state index contributed by atoms with van der Waals surface area (Å²) in [6.45, 7) is 2.26. The number of carboxylic acid groups (broad SMARTS) is 1. The molecule has 25 heavy (non-hydrogen) atoms. The molecule has 7 nitrogen and oxygen atoms in total. The van der Waals surface area contributed by atoms with Crippen molar-refractivity contribution >= 4 is 34.3 Å². The number of alkyl halides is 3. The van der Waals surface area contributed by atoms with Crippen LogP contribution >= 0.6 is 11.3 Å². The standard InChI is InChI=1S/C14H15F3N2O5S/c1-2-5-24-13(23)19-4-3-7-8(6-19)25-10(9(7)11(20)21)18-12(22)14(15,16)17/h2-6H2,1H3,(H,18,22)(H,20,21). The number of nitrogens with zero attached hydrogens (tertiary/aromatic N) is 1. The number of halogens is 3. The molecule has 0 atom stereocenters. The van der Waals surface area contributed by atoms with Gasteiger partial charge in [-0.2, -0.15) is 13.2 Å². The summed E-state index contributed by atoms with van der Waals surface area (Å²) in [4.78, 5) is 36.1. The number of hydrogen-bond acceptors (Lipinski definition) is 5. The van der Waals surface area contributed by atoms with Gasteiger partial charge in [0, 0.05) is 11.4 Å². The van der Waals surface area contributed by atoms with E-state index in [1.807, 2.05) is 6.92 Å². The highest BCUT2D eigenvalue weighted by Crippen LogP contribution is 2.38. The zero-order chi connectivity index (χ0) is 18.8. The Morgan fingerprint density at radius 1 is 1.36 bits per heavy atom. The van der Waals surface area contributed by atoms with Crippen molar-refractivity contribution in [1.29, 1.82) is 0 Å². The molecule has 11 heteroatoms. The van der Waals surface area contributed by atoms with Crippen LogP contribution in [0.15, 0.2) is 0 Å². The van der Waals surface area contributed by atoms with Crippen LogP contribution < -0.4 is 5.32 Å². The third-order valence-corrected chi connectivity index (χ3v) is 4.58. The summed E-state index contributed by atoms with van der Waals surface area (Å²) in [7, 11) is 0. The molecular formula is C14H15F3N2O5S. The lowest BCUT2D eigenvalue weighted by molar-refractivity contribution is -0.167. The van der Waals surface area contributed by atoms with E-state index in [0.717, 1.165) is 11.3 Å². The summed E-state index contributed by atoms with van der Waals surface area (Å²) in [6, 6.07) is 0. The van der Waals surface area contributed by atoms with Gasteiger partial charge in [-0.25, -0.2) is 9.59 Å². The van der Waals surface area contributed by atoms with Gasteiger partial charge >= 0.3 is 24.1 Å². The average molecular weight is 380 g/mol. The van der Waals surface area contributed by atoms with Crippen LogP contribution in [0, 0.1) is 0 Å². The van der Waals surface area contributed by atoms with Crippen molar-refractivity contribution in [3.05, 3.63) is 16.0 Å². The number of carbonyl (C=O) groups is 3. The fourth-order valence-electron chi connectivity index (χ4n) is 2.33. The normalized spacial score (nSPS) is 14.0. The van der Waals surface area contributed by atoms with E-state index in [1.54, 1.807) is 5.32 Å². The summed E-state index contributed by atoms with van der Waals surface area (Å²) in [5, 5.41) is 10.5. The zero-order valence-corrected chi connectivity index (χ0v) is 13.9. The van der Waals surface area contributed by atoms with Crippen LogP contribution in [-0.2, 0) is 22.5 Å². The second-order valence-corrected chi connectivity index (χ2v) is 6.36. The number of nitrogens with one attached hydrogen (secondary N) is 1. The van der Waals surface area contributed by atoms with E-state index in [1.165, 1.54) is 4.90 Å². The first-order chi connectivity index (χ1) is 11.6. The Labute approximate surface area is 144 Å². The number of rotatable bonds is 4. The van der Waals surface area contributed by atoms with E-state index in [9.17, 15) is 32.7 Å². The third-order valence-electron chi connectivity index (χ3n) is 3.44. The number of ether oxygens (including phenoxy) is 1. The third kappa shape index (κ3) is 4.21. The van der Waals surface area contributed by atoms with Crippen molar-refractivity contribution in [2.75, 3.05) is 18.5 Å². The lowest BCUT2D eigenvalue weighted by Gasteiger charge is -2.26. The molecule has 0 unspecified atom stereocenters. The van der Waals surface area contributed by atoms with Crippen LogP contribution in [0.5, 0.6) is 0 Å². The molecular weight excluding hydrogens is 365 g/mol. The van der Waals surface area contributed by atoms with Crippen molar-refractivity contribution in [3.63, 3.8) is 0 Å². The summed E-state index contributed by atoms with van der Waals surface area (Å²) < 4.78 is 42.2. The molecule has 0 aromatic carbocycles. The van der Waals surface area contributed by atoms with Crippen molar-refractivity contribution in [3.8, 4) is 0 Å². The first-order valence-corrected chi connectivity index (χ1v) is 8.14. The summed E-state index contributed by atoms with van der Waals surface area (Å²) in [6.07, 6.45) is -4.91. The minimum Gasteiger partial charge on any atom is -0.478 e. The van der Waals surface area contributed by atoms with Gasteiger partial charge in [0.1, 0.15) is 5.00 Å². The summed E-state index contributed by atoms with van der Waals surface area (Å²) >= 11 is 0.717. The molecule has 138 valence electrons. The molecule has 2 amide bonds. The fraction of sp³-hybridized carbons (Fsp3) is 0.500. The van der Waals surface area contributed by atoms with Crippen molar-refractivity contribution < 1.29 is 37.4 Å². The van der Waals surface area contributed by atoms with Crippen molar-refractivity contribution in [2.24, 2.45) is 0 Å². The first-order valence-electron chi connectivity index (χ1n) is 7.32. The molecule has 0 bridgehead atoms. The smallest absolute Gasteiger partial charge is 0.471 e. The Morgan fingerprint density at radius 3 is 2.60 bits per heavy atom. The first kappa shape index (κ1) is 19.0. The Balaban J connectivity index is 2.26. The predicted molar refractivity (Wildman–Crippen MR) is 81.7 cm³/mol. The van der Waals surface area contributed by atoms with E-state index in [0.29, 0.717) is 16.9 Å². The number of thiophene rings is 1. The minimum atomic E-state index is -5.13. The Hall–Kier alpha value is -2.30.